The number of hydrogen-bond acceptors (Lipinski definition) is 5. The van der Waals surface area contributed by atoms with Gasteiger partial charge < -0.3 is 9.84 Å². The van der Waals surface area contributed by atoms with E-state index in [-0.39, 0.29) is 5.91 Å². The van der Waals surface area contributed by atoms with Gasteiger partial charge in [0.05, 0.1) is 24.1 Å². The Kier molecular flexibility index (Phi) is 3.69. The molecule has 0 radical (unpaired) electrons. The van der Waals surface area contributed by atoms with Crippen molar-refractivity contribution in [3.8, 4) is 0 Å². The van der Waals surface area contributed by atoms with Gasteiger partial charge in [0.1, 0.15) is 5.76 Å². The summed E-state index contributed by atoms with van der Waals surface area (Å²) in [7, 11) is 0. The van der Waals surface area contributed by atoms with Crippen LogP contribution in [0.4, 0.5) is 5.69 Å². The molecule has 0 spiro atoms. The smallest absolute Gasteiger partial charge is 0.255 e. The van der Waals surface area contributed by atoms with Crippen LogP contribution < -0.4 is 5.32 Å². The molecule has 112 valence electrons. The van der Waals surface area contributed by atoms with Crippen molar-refractivity contribution in [2.45, 2.75) is 20.4 Å². The third-order valence-electron chi connectivity index (χ3n) is 3.33. The minimum Gasteiger partial charge on any atom is -0.361 e. The summed E-state index contributed by atoms with van der Waals surface area (Å²) in [5.74, 6) is 0.578. The molecule has 1 N–H and O–H groups in total. The quantitative estimate of drug-likeness (QED) is 0.797. The van der Waals surface area contributed by atoms with Crippen LogP contribution in [-0.4, -0.2) is 25.8 Å². The van der Waals surface area contributed by atoms with Crippen LogP contribution in [0.3, 0.4) is 0 Å². The number of amides is 1. The summed E-state index contributed by atoms with van der Waals surface area (Å²) in [5.41, 5.74) is 3.02. The zero-order valence-corrected chi connectivity index (χ0v) is 12.3. The molecule has 0 aliphatic heterocycles. The van der Waals surface area contributed by atoms with Gasteiger partial charge >= 0.3 is 0 Å². The first-order chi connectivity index (χ1) is 10.6. The van der Waals surface area contributed by atoms with E-state index in [2.05, 4.69) is 20.6 Å². The van der Waals surface area contributed by atoms with Gasteiger partial charge in [-0.2, -0.15) is 5.10 Å². The first-order valence-electron chi connectivity index (χ1n) is 6.79. The summed E-state index contributed by atoms with van der Waals surface area (Å²) in [6.45, 7) is 4.30. The van der Waals surface area contributed by atoms with E-state index >= 15 is 0 Å². The summed E-state index contributed by atoms with van der Waals surface area (Å²) in [4.78, 5) is 15.9. The fourth-order valence-electron chi connectivity index (χ4n) is 2.11. The van der Waals surface area contributed by atoms with Crippen molar-refractivity contribution in [2.75, 3.05) is 5.32 Å². The van der Waals surface area contributed by atoms with Crippen molar-refractivity contribution in [3.63, 3.8) is 0 Å². The lowest BCUT2D eigenvalue weighted by Gasteiger charge is -2.02. The van der Waals surface area contributed by atoms with Crippen molar-refractivity contribution in [1.82, 2.24) is 19.9 Å². The lowest BCUT2D eigenvalue weighted by atomic mass is 10.2. The van der Waals surface area contributed by atoms with Crippen LogP contribution in [0.1, 0.15) is 27.4 Å². The zero-order valence-electron chi connectivity index (χ0n) is 12.3. The highest BCUT2D eigenvalue weighted by atomic mass is 16.5. The van der Waals surface area contributed by atoms with Gasteiger partial charge in [0, 0.05) is 29.7 Å². The number of nitrogens with zero attached hydrogens (tertiary/aromatic N) is 4. The Morgan fingerprint density at radius 1 is 1.32 bits per heavy atom. The summed E-state index contributed by atoms with van der Waals surface area (Å²) in [6.07, 6.45) is 6.54. The second-order valence-corrected chi connectivity index (χ2v) is 4.92. The number of pyridine rings is 1. The number of rotatable bonds is 4. The molecule has 22 heavy (non-hydrogen) atoms. The number of carbonyl (C=O) groups excluding carboxylic acids is 1. The molecule has 0 aliphatic rings. The molecule has 0 saturated carbocycles. The Balaban J connectivity index is 1.70. The maximum atomic E-state index is 12.0. The second-order valence-electron chi connectivity index (χ2n) is 4.92. The summed E-state index contributed by atoms with van der Waals surface area (Å²) in [5, 5.41) is 11.0. The first kappa shape index (κ1) is 14.0. The molecular formula is C15H15N5O2. The molecule has 0 saturated heterocycles. The number of nitrogens with one attached hydrogen (secondary N) is 1. The van der Waals surface area contributed by atoms with Crippen LogP contribution in [0.5, 0.6) is 0 Å². The van der Waals surface area contributed by atoms with Gasteiger partial charge in [0.2, 0.25) is 0 Å². The van der Waals surface area contributed by atoms with E-state index in [1.165, 1.54) is 0 Å². The fourth-order valence-corrected chi connectivity index (χ4v) is 2.11. The normalized spacial score (nSPS) is 10.6. The lowest BCUT2D eigenvalue weighted by Crippen LogP contribution is -2.11. The molecule has 3 heterocycles. The summed E-state index contributed by atoms with van der Waals surface area (Å²) < 4.78 is 6.86. The van der Waals surface area contributed by atoms with Gasteiger partial charge in [-0.25, -0.2) is 0 Å². The van der Waals surface area contributed by atoms with E-state index in [1.54, 1.807) is 41.6 Å². The van der Waals surface area contributed by atoms with Crippen LogP contribution in [0.2, 0.25) is 0 Å². The maximum Gasteiger partial charge on any atom is 0.255 e. The molecule has 0 bridgehead atoms. The molecule has 7 nitrogen and oxygen atoms in total. The molecule has 7 heteroatoms. The minimum absolute atomic E-state index is 0.195. The van der Waals surface area contributed by atoms with E-state index in [9.17, 15) is 4.79 Å². The van der Waals surface area contributed by atoms with Gasteiger partial charge in [0.25, 0.3) is 5.91 Å². The summed E-state index contributed by atoms with van der Waals surface area (Å²) >= 11 is 0. The molecule has 0 atom stereocenters. The van der Waals surface area contributed by atoms with Crippen LogP contribution in [0.25, 0.3) is 0 Å². The minimum atomic E-state index is -0.195. The second kappa shape index (κ2) is 5.80. The highest BCUT2D eigenvalue weighted by Crippen LogP contribution is 2.15. The molecule has 1 amide bonds. The van der Waals surface area contributed by atoms with E-state index in [0.717, 1.165) is 17.0 Å². The number of aromatic nitrogens is 4. The van der Waals surface area contributed by atoms with Gasteiger partial charge in [-0.15, -0.1) is 0 Å². The average molecular weight is 297 g/mol. The third kappa shape index (κ3) is 2.88. The van der Waals surface area contributed by atoms with Crippen molar-refractivity contribution in [2.24, 2.45) is 0 Å². The van der Waals surface area contributed by atoms with Crippen molar-refractivity contribution in [3.05, 3.63) is 59.5 Å². The van der Waals surface area contributed by atoms with Gasteiger partial charge in [-0.3, -0.25) is 14.5 Å². The number of hydrogen-bond donors (Lipinski definition) is 1. The number of anilines is 1. The SMILES string of the molecule is Cc1noc(C)c1Cn1cc(NC(=O)c2ccncc2)cn1. The summed E-state index contributed by atoms with van der Waals surface area (Å²) in [6, 6.07) is 3.31. The standard InChI is InChI=1S/C15H15N5O2/c1-10-14(11(2)22-19-10)9-20-8-13(7-17-20)18-15(21)12-3-5-16-6-4-12/h3-8H,9H2,1-2H3,(H,18,21). The van der Waals surface area contributed by atoms with Gasteiger partial charge in [-0.1, -0.05) is 5.16 Å². The molecule has 0 aliphatic carbocycles. The molecular weight excluding hydrogens is 282 g/mol. The monoisotopic (exact) mass is 297 g/mol. The first-order valence-corrected chi connectivity index (χ1v) is 6.79. The Bertz CT molecular complexity index is 772. The molecule has 0 unspecified atom stereocenters. The zero-order chi connectivity index (χ0) is 15.5. The average Bonchev–Trinajstić information content (AvgIpc) is 3.10. The van der Waals surface area contributed by atoms with Crippen LogP contribution in [0.15, 0.2) is 41.4 Å². The Hall–Kier alpha value is -2.96. The van der Waals surface area contributed by atoms with Crippen LogP contribution in [0, 0.1) is 13.8 Å². The highest BCUT2D eigenvalue weighted by Gasteiger charge is 2.11. The lowest BCUT2D eigenvalue weighted by molar-refractivity contribution is 0.102. The fraction of sp³-hybridized carbons (Fsp3) is 0.200. The van der Waals surface area contributed by atoms with Crippen LogP contribution in [-0.2, 0) is 6.54 Å². The molecule has 3 aromatic rings. The molecule has 0 fully saturated rings. The van der Waals surface area contributed by atoms with Gasteiger partial charge in [-0.05, 0) is 26.0 Å². The van der Waals surface area contributed by atoms with Crippen molar-refractivity contribution < 1.29 is 9.32 Å². The third-order valence-corrected chi connectivity index (χ3v) is 3.33. The van der Waals surface area contributed by atoms with Crippen LogP contribution >= 0.6 is 0 Å². The Labute approximate surface area is 127 Å². The van der Waals surface area contributed by atoms with Crippen molar-refractivity contribution in [1.29, 1.82) is 0 Å². The largest absolute Gasteiger partial charge is 0.361 e. The topological polar surface area (TPSA) is 85.8 Å². The van der Waals surface area contributed by atoms with Gasteiger partial charge in [0.15, 0.2) is 0 Å². The Morgan fingerprint density at radius 3 is 2.77 bits per heavy atom. The molecule has 3 rings (SSSR count). The van der Waals surface area contributed by atoms with E-state index < -0.39 is 0 Å². The Morgan fingerprint density at radius 2 is 2.09 bits per heavy atom. The van der Waals surface area contributed by atoms with E-state index in [1.807, 2.05) is 13.8 Å². The number of aryl methyl sites for hydroxylation is 2. The maximum absolute atomic E-state index is 12.0. The van der Waals surface area contributed by atoms with E-state index in [4.69, 9.17) is 4.52 Å². The van der Waals surface area contributed by atoms with E-state index in [0.29, 0.717) is 17.8 Å². The highest BCUT2D eigenvalue weighted by molar-refractivity contribution is 6.03. The van der Waals surface area contributed by atoms with Crippen molar-refractivity contribution >= 4 is 11.6 Å². The molecule has 3 aromatic heterocycles. The predicted octanol–water partition coefficient (Wildman–Crippen LogP) is 2.18. The number of carbonyl (C=O) groups is 1. The predicted molar refractivity (Wildman–Crippen MR) is 79.5 cm³/mol. The molecule has 0 aromatic carbocycles.